The first-order chi connectivity index (χ1) is 11.0. The summed E-state index contributed by atoms with van der Waals surface area (Å²) in [6.45, 7) is 5.81. The first-order valence-corrected chi connectivity index (χ1v) is 7.68. The minimum Gasteiger partial charge on any atom is -0.378 e. The third-order valence-corrected chi connectivity index (χ3v) is 3.39. The van der Waals surface area contributed by atoms with Crippen molar-refractivity contribution in [2.75, 3.05) is 26.3 Å². The number of nitrogens with zero attached hydrogens (tertiary/aromatic N) is 3. The summed E-state index contributed by atoms with van der Waals surface area (Å²) in [4.78, 5) is 26.1. The molecular formula is C15H23N5O3. The molecule has 2 atom stereocenters. The quantitative estimate of drug-likeness (QED) is 0.732. The summed E-state index contributed by atoms with van der Waals surface area (Å²) in [5.41, 5.74) is 0. The molecule has 0 saturated carbocycles. The lowest BCUT2D eigenvalue weighted by Crippen LogP contribution is -2.54. The second-order valence-electron chi connectivity index (χ2n) is 5.78. The van der Waals surface area contributed by atoms with Crippen LogP contribution < -0.4 is 10.6 Å². The number of ether oxygens (including phenoxy) is 1. The Balaban J connectivity index is 2.67. The third kappa shape index (κ3) is 6.54. The van der Waals surface area contributed by atoms with Gasteiger partial charge in [-0.15, -0.1) is 0 Å². The second-order valence-corrected chi connectivity index (χ2v) is 5.78. The lowest BCUT2D eigenvalue weighted by molar-refractivity contribution is -0.123. The SMILES string of the molecule is CC(C)C[C@H](NC(=O)N1CCOCC1)C(=O)N[C@H](C#N)CC#N. The van der Waals surface area contributed by atoms with E-state index in [1.165, 1.54) is 0 Å². The summed E-state index contributed by atoms with van der Waals surface area (Å²) < 4.78 is 5.19. The summed E-state index contributed by atoms with van der Waals surface area (Å²) in [5.74, 6) is -0.255. The van der Waals surface area contributed by atoms with Gasteiger partial charge in [0.25, 0.3) is 0 Å². The van der Waals surface area contributed by atoms with Crippen molar-refractivity contribution in [3.63, 3.8) is 0 Å². The van der Waals surface area contributed by atoms with E-state index in [0.717, 1.165) is 0 Å². The fourth-order valence-corrected chi connectivity index (χ4v) is 2.20. The fraction of sp³-hybridized carbons (Fsp3) is 0.733. The molecule has 8 nitrogen and oxygen atoms in total. The van der Waals surface area contributed by atoms with Gasteiger partial charge in [-0.2, -0.15) is 10.5 Å². The van der Waals surface area contributed by atoms with Gasteiger partial charge in [0.1, 0.15) is 12.1 Å². The first-order valence-electron chi connectivity index (χ1n) is 7.68. The molecule has 1 fully saturated rings. The Bertz CT molecular complexity index is 488. The molecule has 0 spiro atoms. The van der Waals surface area contributed by atoms with Gasteiger partial charge in [-0.25, -0.2) is 4.79 Å². The largest absolute Gasteiger partial charge is 0.378 e. The molecule has 0 aliphatic carbocycles. The highest BCUT2D eigenvalue weighted by Crippen LogP contribution is 2.07. The predicted octanol–water partition coefficient (Wildman–Crippen LogP) is 0.365. The van der Waals surface area contributed by atoms with Crippen LogP contribution in [-0.4, -0.2) is 55.2 Å². The molecule has 0 radical (unpaired) electrons. The number of carbonyl (C=O) groups excluding carboxylic acids is 2. The average Bonchev–Trinajstić information content (AvgIpc) is 2.54. The van der Waals surface area contributed by atoms with Gasteiger partial charge in [0.15, 0.2) is 0 Å². The number of carbonyl (C=O) groups is 2. The van der Waals surface area contributed by atoms with Crippen molar-refractivity contribution in [2.24, 2.45) is 5.92 Å². The Kier molecular flexibility index (Phi) is 7.86. The van der Waals surface area contributed by atoms with Crippen LogP contribution in [0.25, 0.3) is 0 Å². The maximum atomic E-state index is 12.3. The number of hydrogen-bond donors (Lipinski definition) is 2. The molecule has 0 aromatic heterocycles. The molecule has 3 amide bonds. The van der Waals surface area contributed by atoms with Crippen molar-refractivity contribution in [1.82, 2.24) is 15.5 Å². The lowest BCUT2D eigenvalue weighted by Gasteiger charge is -2.29. The number of morpholine rings is 1. The van der Waals surface area contributed by atoms with Crippen molar-refractivity contribution in [1.29, 1.82) is 10.5 Å². The van der Waals surface area contributed by atoms with Gasteiger partial charge in [0.2, 0.25) is 5.91 Å². The number of nitriles is 2. The Hall–Kier alpha value is -2.32. The van der Waals surface area contributed by atoms with Gasteiger partial charge < -0.3 is 20.3 Å². The van der Waals surface area contributed by atoms with Crippen LogP contribution in [0.2, 0.25) is 0 Å². The van der Waals surface area contributed by atoms with Gasteiger partial charge in [0.05, 0.1) is 31.8 Å². The minimum atomic E-state index is -0.873. The molecule has 2 N–H and O–H groups in total. The molecule has 1 rings (SSSR count). The third-order valence-electron chi connectivity index (χ3n) is 3.39. The van der Waals surface area contributed by atoms with E-state index < -0.39 is 18.0 Å². The summed E-state index contributed by atoms with van der Waals surface area (Å²) in [7, 11) is 0. The van der Waals surface area contributed by atoms with E-state index in [-0.39, 0.29) is 18.4 Å². The number of rotatable bonds is 6. The van der Waals surface area contributed by atoms with E-state index in [9.17, 15) is 9.59 Å². The van der Waals surface area contributed by atoms with Gasteiger partial charge in [-0.3, -0.25) is 4.79 Å². The monoisotopic (exact) mass is 321 g/mol. The highest BCUT2D eigenvalue weighted by atomic mass is 16.5. The Morgan fingerprint density at radius 1 is 1.22 bits per heavy atom. The van der Waals surface area contributed by atoms with Crippen molar-refractivity contribution in [3.8, 4) is 12.1 Å². The summed E-state index contributed by atoms with van der Waals surface area (Å²) in [5, 5.41) is 22.8. The number of amides is 3. The van der Waals surface area contributed by atoms with Crippen molar-refractivity contribution < 1.29 is 14.3 Å². The fourth-order valence-electron chi connectivity index (χ4n) is 2.20. The van der Waals surface area contributed by atoms with Crippen LogP contribution in [0.1, 0.15) is 26.7 Å². The zero-order valence-corrected chi connectivity index (χ0v) is 13.5. The van der Waals surface area contributed by atoms with Gasteiger partial charge >= 0.3 is 6.03 Å². The topological polar surface area (TPSA) is 118 Å². The van der Waals surface area contributed by atoms with E-state index in [0.29, 0.717) is 32.7 Å². The highest BCUT2D eigenvalue weighted by molar-refractivity contribution is 5.87. The van der Waals surface area contributed by atoms with Crippen molar-refractivity contribution >= 4 is 11.9 Å². The average molecular weight is 321 g/mol. The van der Waals surface area contributed by atoms with E-state index >= 15 is 0 Å². The maximum Gasteiger partial charge on any atom is 0.318 e. The highest BCUT2D eigenvalue weighted by Gasteiger charge is 2.26. The van der Waals surface area contributed by atoms with Gasteiger partial charge in [-0.1, -0.05) is 13.8 Å². The normalized spacial score (nSPS) is 16.8. The molecule has 126 valence electrons. The van der Waals surface area contributed by atoms with Crippen LogP contribution >= 0.6 is 0 Å². The molecule has 0 bridgehead atoms. The van der Waals surface area contributed by atoms with E-state index in [2.05, 4.69) is 10.6 Å². The molecular weight excluding hydrogens is 298 g/mol. The first kappa shape index (κ1) is 18.7. The summed E-state index contributed by atoms with van der Waals surface area (Å²) >= 11 is 0. The minimum absolute atomic E-state index is 0.0892. The number of nitrogens with one attached hydrogen (secondary N) is 2. The van der Waals surface area contributed by atoms with Crippen LogP contribution in [0.15, 0.2) is 0 Å². The van der Waals surface area contributed by atoms with Crippen LogP contribution in [0, 0.1) is 28.6 Å². The van der Waals surface area contributed by atoms with E-state index in [4.69, 9.17) is 15.3 Å². The van der Waals surface area contributed by atoms with E-state index in [1.807, 2.05) is 26.0 Å². The molecule has 0 unspecified atom stereocenters. The molecule has 8 heteroatoms. The molecule has 0 aromatic carbocycles. The molecule has 0 aromatic rings. The van der Waals surface area contributed by atoms with Crippen LogP contribution in [0.4, 0.5) is 4.79 Å². The van der Waals surface area contributed by atoms with Gasteiger partial charge in [0, 0.05) is 13.1 Å². The standard InChI is InChI=1S/C15H23N5O3/c1-11(2)9-13(14(21)18-12(10-17)3-4-16)19-15(22)20-5-7-23-8-6-20/h11-13H,3,5-9H2,1-2H3,(H,18,21)(H,19,22)/t12-,13-/m0/s1. The number of hydrogen-bond acceptors (Lipinski definition) is 5. The van der Waals surface area contributed by atoms with Gasteiger partial charge in [-0.05, 0) is 12.3 Å². The molecule has 1 aliphatic heterocycles. The summed E-state index contributed by atoms with van der Waals surface area (Å²) in [6.07, 6.45) is 0.362. The molecule has 1 aliphatic rings. The smallest absolute Gasteiger partial charge is 0.318 e. The second kappa shape index (κ2) is 9.65. The van der Waals surface area contributed by atoms with Crippen molar-refractivity contribution in [2.45, 2.75) is 38.8 Å². The summed E-state index contributed by atoms with van der Waals surface area (Å²) in [6, 6.07) is 1.79. The van der Waals surface area contributed by atoms with Crippen LogP contribution in [0.5, 0.6) is 0 Å². The van der Waals surface area contributed by atoms with Crippen LogP contribution in [-0.2, 0) is 9.53 Å². The molecule has 23 heavy (non-hydrogen) atoms. The van der Waals surface area contributed by atoms with Crippen LogP contribution in [0.3, 0.4) is 0 Å². The van der Waals surface area contributed by atoms with E-state index in [1.54, 1.807) is 4.90 Å². The Morgan fingerprint density at radius 2 is 1.87 bits per heavy atom. The maximum absolute atomic E-state index is 12.3. The number of urea groups is 1. The molecule has 1 heterocycles. The zero-order valence-electron chi connectivity index (χ0n) is 13.5. The predicted molar refractivity (Wildman–Crippen MR) is 81.9 cm³/mol. The Morgan fingerprint density at radius 3 is 2.39 bits per heavy atom. The Labute approximate surface area is 136 Å². The molecule has 1 saturated heterocycles. The zero-order chi connectivity index (χ0) is 17.2. The lowest BCUT2D eigenvalue weighted by atomic mass is 10.0. The van der Waals surface area contributed by atoms with Crippen molar-refractivity contribution in [3.05, 3.63) is 0 Å².